The van der Waals surface area contributed by atoms with Gasteiger partial charge in [0, 0.05) is 18.5 Å². The number of nitrogens with one attached hydrogen (secondary N) is 1. The summed E-state index contributed by atoms with van der Waals surface area (Å²) in [5, 5.41) is 3.14. The number of anilines is 2. The lowest BCUT2D eigenvalue weighted by atomic mass is 10.2. The van der Waals surface area contributed by atoms with Crippen LogP contribution in [0.25, 0.3) is 0 Å². The fourth-order valence-electron chi connectivity index (χ4n) is 1.64. The lowest BCUT2D eigenvalue weighted by Crippen LogP contribution is -2.01. The second-order valence-corrected chi connectivity index (χ2v) is 4.79. The minimum atomic E-state index is 0.503. The highest BCUT2D eigenvalue weighted by atomic mass is 79.9. The van der Waals surface area contributed by atoms with Gasteiger partial charge in [0.2, 0.25) is 5.95 Å². The van der Waals surface area contributed by atoms with Gasteiger partial charge in [-0.1, -0.05) is 0 Å². The van der Waals surface area contributed by atoms with E-state index in [1.54, 1.807) is 12.4 Å². The first-order chi connectivity index (χ1) is 9.72. The quantitative estimate of drug-likeness (QED) is 0.869. The Morgan fingerprint density at radius 2 is 1.80 bits per heavy atom. The average Bonchev–Trinajstić information content (AvgIpc) is 2.45. The molecule has 6 heteroatoms. The number of benzene rings is 1. The minimum Gasteiger partial charge on any atom is -0.494 e. The maximum atomic E-state index is 5.58. The summed E-state index contributed by atoms with van der Waals surface area (Å²) in [6.07, 6.45) is 3.37. The van der Waals surface area contributed by atoms with Crippen molar-refractivity contribution in [1.82, 2.24) is 9.97 Å². The monoisotopic (exact) mass is 337 g/mol. The van der Waals surface area contributed by atoms with Gasteiger partial charge in [-0.25, -0.2) is 9.97 Å². The number of halogens is 1. The van der Waals surface area contributed by atoms with Crippen molar-refractivity contribution in [2.75, 3.05) is 18.5 Å². The smallest absolute Gasteiger partial charge is 0.227 e. The summed E-state index contributed by atoms with van der Waals surface area (Å²) in [6, 6.07) is 5.62. The average molecular weight is 338 g/mol. The van der Waals surface area contributed by atoms with Gasteiger partial charge in [-0.05, 0) is 41.9 Å². The molecule has 0 aliphatic heterocycles. The molecule has 1 heterocycles. The largest absolute Gasteiger partial charge is 0.494 e. The van der Waals surface area contributed by atoms with Gasteiger partial charge in [0.15, 0.2) is 0 Å². The molecule has 0 spiro atoms. The van der Waals surface area contributed by atoms with Gasteiger partial charge < -0.3 is 14.8 Å². The molecule has 2 rings (SSSR count). The second kappa shape index (κ2) is 7.09. The maximum Gasteiger partial charge on any atom is 0.227 e. The fourth-order valence-corrected chi connectivity index (χ4v) is 1.85. The third kappa shape index (κ3) is 3.84. The molecule has 0 saturated heterocycles. The van der Waals surface area contributed by atoms with E-state index < -0.39 is 0 Å². The Morgan fingerprint density at radius 1 is 1.10 bits per heavy atom. The predicted octanol–water partition coefficient (Wildman–Crippen LogP) is 3.78. The van der Waals surface area contributed by atoms with E-state index in [9.17, 15) is 0 Å². The van der Waals surface area contributed by atoms with Crippen LogP contribution >= 0.6 is 15.9 Å². The minimum absolute atomic E-state index is 0.503. The summed E-state index contributed by atoms with van der Waals surface area (Å²) in [5.74, 6) is 2.01. The van der Waals surface area contributed by atoms with Crippen LogP contribution in [0, 0.1) is 0 Å². The topological polar surface area (TPSA) is 56.3 Å². The molecule has 20 heavy (non-hydrogen) atoms. The maximum absolute atomic E-state index is 5.58. The molecule has 2 aromatic rings. The van der Waals surface area contributed by atoms with E-state index in [2.05, 4.69) is 31.2 Å². The summed E-state index contributed by atoms with van der Waals surface area (Å²) in [4.78, 5) is 8.37. The van der Waals surface area contributed by atoms with Crippen molar-refractivity contribution < 1.29 is 9.47 Å². The molecular weight excluding hydrogens is 322 g/mol. The molecule has 0 aliphatic carbocycles. The molecule has 0 fully saturated rings. The number of aromatic nitrogens is 2. The first-order valence-electron chi connectivity index (χ1n) is 6.37. The van der Waals surface area contributed by atoms with Gasteiger partial charge >= 0.3 is 0 Å². The molecule has 0 saturated carbocycles. The highest BCUT2D eigenvalue weighted by Crippen LogP contribution is 2.31. The normalized spacial score (nSPS) is 10.2. The van der Waals surface area contributed by atoms with Crippen molar-refractivity contribution >= 4 is 27.6 Å². The Bertz CT molecular complexity index is 561. The van der Waals surface area contributed by atoms with Crippen molar-refractivity contribution in [2.24, 2.45) is 0 Å². The zero-order valence-corrected chi connectivity index (χ0v) is 13.0. The van der Waals surface area contributed by atoms with E-state index in [4.69, 9.17) is 9.47 Å². The lowest BCUT2D eigenvalue weighted by molar-refractivity contribution is 0.332. The van der Waals surface area contributed by atoms with E-state index >= 15 is 0 Å². The SMILES string of the molecule is CCOc1ccc(OCC)c(Nc2ncc(Br)cn2)c1. The Hall–Kier alpha value is -1.82. The molecule has 0 bridgehead atoms. The van der Waals surface area contributed by atoms with E-state index in [0.717, 1.165) is 21.7 Å². The van der Waals surface area contributed by atoms with E-state index in [1.807, 2.05) is 32.0 Å². The first-order valence-corrected chi connectivity index (χ1v) is 7.16. The number of nitrogens with zero attached hydrogens (tertiary/aromatic N) is 2. The van der Waals surface area contributed by atoms with Crippen LogP contribution in [0.5, 0.6) is 11.5 Å². The summed E-state index contributed by atoms with van der Waals surface area (Å²) in [5.41, 5.74) is 0.778. The zero-order valence-electron chi connectivity index (χ0n) is 11.4. The Balaban J connectivity index is 2.26. The third-order valence-corrected chi connectivity index (χ3v) is 2.84. The predicted molar refractivity (Wildman–Crippen MR) is 81.8 cm³/mol. The molecule has 0 unspecified atom stereocenters. The molecule has 5 nitrogen and oxygen atoms in total. The summed E-state index contributed by atoms with van der Waals surface area (Å²) < 4.78 is 11.9. The Labute approximate surface area is 126 Å². The van der Waals surface area contributed by atoms with Crippen molar-refractivity contribution in [3.63, 3.8) is 0 Å². The molecule has 1 N–H and O–H groups in total. The van der Waals surface area contributed by atoms with Crippen LogP contribution < -0.4 is 14.8 Å². The zero-order chi connectivity index (χ0) is 14.4. The van der Waals surface area contributed by atoms with Crippen molar-refractivity contribution in [3.05, 3.63) is 35.1 Å². The van der Waals surface area contributed by atoms with Crippen LogP contribution in [0.2, 0.25) is 0 Å². The summed E-state index contributed by atoms with van der Waals surface area (Å²) in [6.45, 7) is 5.09. The molecule has 1 aromatic heterocycles. The Kier molecular flexibility index (Phi) is 5.17. The van der Waals surface area contributed by atoms with Gasteiger partial charge in [-0.2, -0.15) is 0 Å². The molecule has 0 atom stereocenters. The van der Waals surface area contributed by atoms with Crippen LogP contribution in [-0.2, 0) is 0 Å². The lowest BCUT2D eigenvalue weighted by Gasteiger charge is -2.13. The highest BCUT2D eigenvalue weighted by molar-refractivity contribution is 9.10. The molecule has 0 amide bonds. The van der Waals surface area contributed by atoms with Crippen LogP contribution in [0.15, 0.2) is 35.1 Å². The second-order valence-electron chi connectivity index (χ2n) is 3.87. The van der Waals surface area contributed by atoms with Crippen molar-refractivity contribution in [2.45, 2.75) is 13.8 Å². The Morgan fingerprint density at radius 3 is 2.45 bits per heavy atom. The fraction of sp³-hybridized carbons (Fsp3) is 0.286. The first kappa shape index (κ1) is 14.6. The van der Waals surface area contributed by atoms with E-state index in [-0.39, 0.29) is 0 Å². The van der Waals surface area contributed by atoms with Crippen molar-refractivity contribution in [3.8, 4) is 11.5 Å². The summed E-state index contributed by atoms with van der Waals surface area (Å²) >= 11 is 3.30. The van der Waals surface area contributed by atoms with Gasteiger partial charge in [0.25, 0.3) is 0 Å². The van der Waals surface area contributed by atoms with Crippen LogP contribution in [0.4, 0.5) is 11.6 Å². The standard InChI is InChI=1S/C14H16BrN3O2/c1-3-19-11-5-6-13(20-4-2)12(7-11)18-14-16-8-10(15)9-17-14/h5-9H,3-4H2,1-2H3,(H,16,17,18). The molecular formula is C14H16BrN3O2. The van der Waals surface area contributed by atoms with Crippen LogP contribution in [0.1, 0.15) is 13.8 Å². The van der Waals surface area contributed by atoms with Gasteiger partial charge in [0.05, 0.1) is 23.4 Å². The molecule has 1 aromatic carbocycles. The molecule has 106 valence electrons. The van der Waals surface area contributed by atoms with Gasteiger partial charge in [-0.15, -0.1) is 0 Å². The molecule has 0 radical (unpaired) electrons. The van der Waals surface area contributed by atoms with Crippen LogP contribution in [0.3, 0.4) is 0 Å². The van der Waals surface area contributed by atoms with Crippen LogP contribution in [-0.4, -0.2) is 23.2 Å². The third-order valence-electron chi connectivity index (χ3n) is 2.43. The van der Waals surface area contributed by atoms with Crippen molar-refractivity contribution in [1.29, 1.82) is 0 Å². The van der Waals surface area contributed by atoms with Gasteiger partial charge in [-0.3, -0.25) is 0 Å². The van der Waals surface area contributed by atoms with E-state index in [0.29, 0.717) is 19.2 Å². The highest BCUT2D eigenvalue weighted by Gasteiger charge is 2.07. The number of ether oxygens (including phenoxy) is 2. The molecule has 0 aliphatic rings. The summed E-state index contributed by atoms with van der Waals surface area (Å²) in [7, 11) is 0. The number of hydrogen-bond donors (Lipinski definition) is 1. The van der Waals surface area contributed by atoms with E-state index in [1.165, 1.54) is 0 Å². The number of hydrogen-bond acceptors (Lipinski definition) is 5. The number of rotatable bonds is 6. The van der Waals surface area contributed by atoms with Gasteiger partial charge in [0.1, 0.15) is 11.5 Å².